The van der Waals surface area contributed by atoms with Gasteiger partial charge in [0, 0.05) is 16.5 Å². The van der Waals surface area contributed by atoms with Gasteiger partial charge >= 0.3 is 5.97 Å². The molecule has 2 heterocycles. The van der Waals surface area contributed by atoms with Crippen molar-refractivity contribution in [3.05, 3.63) is 58.2 Å². The van der Waals surface area contributed by atoms with Crippen LogP contribution in [0.4, 0.5) is 0 Å². The summed E-state index contributed by atoms with van der Waals surface area (Å²) in [4.78, 5) is 14.2. The lowest BCUT2D eigenvalue weighted by molar-refractivity contribution is 0.0739. The molecule has 0 saturated carbocycles. The summed E-state index contributed by atoms with van der Waals surface area (Å²) in [5.74, 6) is -0.153. The van der Waals surface area contributed by atoms with Crippen LogP contribution in [0.25, 0.3) is 11.1 Å². The average Bonchev–Trinajstić information content (AvgIpc) is 3.21. The Kier molecular flexibility index (Phi) is 4.99. The van der Waals surface area contributed by atoms with E-state index >= 15 is 0 Å². The molecule has 3 aromatic rings. The standard InChI is InChI=1S/C18H17NO5S2/c1-3-15-11(2)16(12-4-6-14(7-5-12)26(19,21)22)17(25-15)18(20)24-13-8-9-23-10-13/h4-10H,3H2,1-2H3,(H2,19,21,22). The van der Waals surface area contributed by atoms with Crippen molar-refractivity contribution in [3.63, 3.8) is 0 Å². The third-order valence-corrected chi connectivity index (χ3v) is 6.27. The van der Waals surface area contributed by atoms with Crippen LogP contribution in [0.1, 0.15) is 27.0 Å². The van der Waals surface area contributed by atoms with Gasteiger partial charge in [-0.05, 0) is 36.6 Å². The van der Waals surface area contributed by atoms with E-state index in [1.807, 2.05) is 13.8 Å². The first-order valence-electron chi connectivity index (χ1n) is 7.81. The van der Waals surface area contributed by atoms with Crippen LogP contribution in [-0.2, 0) is 16.4 Å². The fraction of sp³-hybridized carbons (Fsp3) is 0.167. The van der Waals surface area contributed by atoms with Gasteiger partial charge < -0.3 is 9.15 Å². The molecule has 0 fully saturated rings. The lowest BCUT2D eigenvalue weighted by atomic mass is 10.0. The molecule has 0 spiro atoms. The van der Waals surface area contributed by atoms with Gasteiger partial charge in [0.05, 0.1) is 11.2 Å². The largest absolute Gasteiger partial charge is 0.469 e. The van der Waals surface area contributed by atoms with E-state index in [2.05, 4.69) is 0 Å². The van der Waals surface area contributed by atoms with Crippen LogP contribution in [0, 0.1) is 6.92 Å². The van der Waals surface area contributed by atoms with E-state index < -0.39 is 16.0 Å². The molecule has 0 aliphatic carbocycles. The quantitative estimate of drug-likeness (QED) is 0.668. The Morgan fingerprint density at radius 3 is 2.46 bits per heavy atom. The monoisotopic (exact) mass is 391 g/mol. The highest BCUT2D eigenvalue weighted by molar-refractivity contribution is 7.89. The topological polar surface area (TPSA) is 99.6 Å². The molecule has 2 aromatic heterocycles. The first kappa shape index (κ1) is 18.4. The highest BCUT2D eigenvalue weighted by Gasteiger charge is 2.23. The second-order valence-corrected chi connectivity index (χ2v) is 8.29. The number of esters is 1. The second kappa shape index (κ2) is 7.06. The molecule has 0 bridgehead atoms. The number of carbonyl (C=O) groups is 1. The van der Waals surface area contributed by atoms with E-state index in [-0.39, 0.29) is 4.90 Å². The molecule has 0 unspecified atom stereocenters. The van der Waals surface area contributed by atoms with Crippen molar-refractivity contribution in [1.82, 2.24) is 0 Å². The Labute approximate surface area is 155 Å². The highest BCUT2D eigenvalue weighted by Crippen LogP contribution is 2.37. The fourth-order valence-electron chi connectivity index (χ4n) is 2.66. The molecule has 0 amide bonds. The normalized spacial score (nSPS) is 11.5. The zero-order chi connectivity index (χ0) is 18.9. The molecule has 8 heteroatoms. The molecule has 3 rings (SSSR count). The predicted octanol–water partition coefficient (Wildman–Crippen LogP) is 3.75. The number of ether oxygens (including phenoxy) is 1. The van der Waals surface area contributed by atoms with Crippen molar-refractivity contribution in [2.75, 3.05) is 0 Å². The molecule has 2 N–H and O–H groups in total. The lowest BCUT2D eigenvalue weighted by Crippen LogP contribution is -2.11. The summed E-state index contributed by atoms with van der Waals surface area (Å²) in [6.45, 7) is 3.95. The number of hydrogen-bond acceptors (Lipinski definition) is 6. The number of furan rings is 1. The van der Waals surface area contributed by atoms with E-state index in [1.165, 1.54) is 36.0 Å². The van der Waals surface area contributed by atoms with Gasteiger partial charge in [-0.2, -0.15) is 0 Å². The van der Waals surface area contributed by atoms with Crippen molar-refractivity contribution in [1.29, 1.82) is 0 Å². The number of benzene rings is 1. The Morgan fingerprint density at radius 2 is 1.92 bits per heavy atom. The maximum atomic E-state index is 12.6. The molecule has 0 aliphatic rings. The number of nitrogens with two attached hydrogens (primary N) is 1. The minimum absolute atomic E-state index is 0.0207. The van der Waals surface area contributed by atoms with Crippen LogP contribution >= 0.6 is 11.3 Å². The summed E-state index contributed by atoms with van der Waals surface area (Å²) in [6, 6.07) is 7.70. The minimum atomic E-state index is -3.77. The minimum Gasteiger partial charge on any atom is -0.469 e. The summed E-state index contributed by atoms with van der Waals surface area (Å²) in [7, 11) is -3.77. The predicted molar refractivity (Wildman–Crippen MR) is 98.9 cm³/mol. The van der Waals surface area contributed by atoms with Crippen LogP contribution in [0.3, 0.4) is 0 Å². The molecule has 0 atom stereocenters. The van der Waals surface area contributed by atoms with Gasteiger partial charge in [0.25, 0.3) is 0 Å². The Hall–Kier alpha value is -2.42. The van der Waals surface area contributed by atoms with Crippen molar-refractivity contribution in [3.8, 4) is 16.9 Å². The molecule has 0 radical (unpaired) electrons. The fourth-order valence-corrected chi connectivity index (χ4v) is 4.32. The van der Waals surface area contributed by atoms with Crippen molar-refractivity contribution >= 4 is 27.3 Å². The molecular weight excluding hydrogens is 374 g/mol. The smallest absolute Gasteiger partial charge is 0.354 e. The molecule has 136 valence electrons. The zero-order valence-electron chi connectivity index (χ0n) is 14.2. The number of aryl methyl sites for hydroxylation is 1. The van der Waals surface area contributed by atoms with Crippen LogP contribution in [0.2, 0.25) is 0 Å². The van der Waals surface area contributed by atoms with Gasteiger partial charge in [-0.1, -0.05) is 19.1 Å². The average molecular weight is 391 g/mol. The summed E-state index contributed by atoms with van der Waals surface area (Å²) in [5, 5.41) is 5.15. The van der Waals surface area contributed by atoms with Gasteiger partial charge in [-0.15, -0.1) is 11.3 Å². The van der Waals surface area contributed by atoms with E-state index in [9.17, 15) is 13.2 Å². The second-order valence-electron chi connectivity index (χ2n) is 5.63. The number of rotatable bonds is 5. The van der Waals surface area contributed by atoms with Gasteiger partial charge in [0.2, 0.25) is 10.0 Å². The maximum absolute atomic E-state index is 12.6. The Bertz CT molecular complexity index is 1030. The Balaban J connectivity index is 2.05. The van der Waals surface area contributed by atoms with Crippen LogP contribution in [0.5, 0.6) is 5.75 Å². The van der Waals surface area contributed by atoms with Crippen molar-refractivity contribution in [2.24, 2.45) is 5.14 Å². The number of sulfonamides is 1. The summed E-state index contributed by atoms with van der Waals surface area (Å²) in [5.41, 5.74) is 2.44. The van der Waals surface area contributed by atoms with E-state index in [1.54, 1.807) is 18.2 Å². The molecule has 6 nitrogen and oxygen atoms in total. The lowest BCUT2D eigenvalue weighted by Gasteiger charge is -2.07. The summed E-state index contributed by atoms with van der Waals surface area (Å²) in [6.07, 6.45) is 3.55. The number of carbonyl (C=O) groups excluding carboxylic acids is 1. The van der Waals surface area contributed by atoms with Crippen LogP contribution in [-0.4, -0.2) is 14.4 Å². The number of primary sulfonamides is 1. The van der Waals surface area contributed by atoms with Crippen molar-refractivity contribution < 1.29 is 22.4 Å². The van der Waals surface area contributed by atoms with Crippen LogP contribution < -0.4 is 9.88 Å². The highest BCUT2D eigenvalue weighted by atomic mass is 32.2. The van der Waals surface area contributed by atoms with Gasteiger partial charge in [-0.25, -0.2) is 18.4 Å². The van der Waals surface area contributed by atoms with Crippen molar-refractivity contribution in [2.45, 2.75) is 25.2 Å². The molecule has 26 heavy (non-hydrogen) atoms. The SMILES string of the molecule is CCc1sc(C(=O)Oc2ccoc2)c(-c2ccc(S(N)(=O)=O)cc2)c1C. The number of thiophene rings is 1. The molecule has 0 saturated heterocycles. The summed E-state index contributed by atoms with van der Waals surface area (Å²) >= 11 is 1.37. The number of hydrogen-bond donors (Lipinski definition) is 1. The summed E-state index contributed by atoms with van der Waals surface area (Å²) < 4.78 is 33.2. The molecular formula is C18H17NO5S2. The van der Waals surface area contributed by atoms with Gasteiger partial charge in [0.15, 0.2) is 5.75 Å². The first-order valence-corrected chi connectivity index (χ1v) is 10.2. The molecule has 0 aliphatic heterocycles. The first-order chi connectivity index (χ1) is 12.3. The van der Waals surface area contributed by atoms with E-state index in [4.69, 9.17) is 14.3 Å². The Morgan fingerprint density at radius 1 is 1.23 bits per heavy atom. The van der Waals surface area contributed by atoms with E-state index in [0.29, 0.717) is 10.6 Å². The molecule has 1 aromatic carbocycles. The third-order valence-electron chi connectivity index (χ3n) is 3.93. The van der Waals surface area contributed by atoms with Crippen LogP contribution in [0.15, 0.2) is 52.2 Å². The van der Waals surface area contributed by atoms with Gasteiger partial charge in [0.1, 0.15) is 11.1 Å². The third kappa shape index (κ3) is 3.57. The van der Waals surface area contributed by atoms with Gasteiger partial charge in [-0.3, -0.25) is 0 Å². The van der Waals surface area contributed by atoms with E-state index in [0.717, 1.165) is 28.0 Å². The zero-order valence-corrected chi connectivity index (χ0v) is 15.8. The maximum Gasteiger partial charge on any atom is 0.354 e.